The molecular formula is C14H20N2O2. The zero-order valence-electron chi connectivity index (χ0n) is 11.0. The van der Waals surface area contributed by atoms with Crippen LogP contribution in [0.4, 0.5) is 5.69 Å². The number of carbonyl (C=O) groups is 1. The second-order valence-corrected chi connectivity index (χ2v) is 5.02. The largest absolute Gasteiger partial charge is 0.399 e. The average molecular weight is 248 g/mol. The van der Waals surface area contributed by atoms with Crippen LogP contribution < -0.4 is 5.73 Å². The van der Waals surface area contributed by atoms with E-state index in [9.17, 15) is 4.79 Å². The Labute approximate surface area is 108 Å². The van der Waals surface area contributed by atoms with Crippen LogP contribution in [0.3, 0.4) is 0 Å². The van der Waals surface area contributed by atoms with Crippen LogP contribution in [0.25, 0.3) is 0 Å². The summed E-state index contributed by atoms with van der Waals surface area (Å²) in [7, 11) is 3.60. The number of nitrogen functional groups attached to an aromatic ring is 1. The minimum Gasteiger partial charge on any atom is -0.399 e. The second kappa shape index (κ2) is 4.98. The van der Waals surface area contributed by atoms with Gasteiger partial charge in [0.2, 0.25) is 5.91 Å². The number of nitrogens with two attached hydrogens (primary N) is 1. The summed E-state index contributed by atoms with van der Waals surface area (Å²) in [4.78, 5) is 14.2. The van der Waals surface area contributed by atoms with Crippen LogP contribution in [0.1, 0.15) is 18.4 Å². The molecule has 0 aromatic heterocycles. The Morgan fingerprint density at radius 2 is 1.78 bits per heavy atom. The smallest absolute Gasteiger partial charge is 0.232 e. The van der Waals surface area contributed by atoms with Crippen molar-refractivity contribution >= 4 is 11.6 Å². The van der Waals surface area contributed by atoms with E-state index >= 15 is 0 Å². The highest BCUT2D eigenvalue weighted by Crippen LogP contribution is 2.36. The monoisotopic (exact) mass is 248 g/mol. The van der Waals surface area contributed by atoms with Gasteiger partial charge in [-0.05, 0) is 30.5 Å². The van der Waals surface area contributed by atoms with Gasteiger partial charge in [0.05, 0.1) is 5.41 Å². The molecule has 98 valence electrons. The van der Waals surface area contributed by atoms with Gasteiger partial charge in [-0.15, -0.1) is 0 Å². The molecule has 4 nitrogen and oxygen atoms in total. The Balaban J connectivity index is 2.41. The predicted octanol–water partition coefficient (Wildman–Crippen LogP) is 1.41. The van der Waals surface area contributed by atoms with Crippen molar-refractivity contribution in [2.75, 3.05) is 33.0 Å². The molecule has 0 atom stereocenters. The van der Waals surface area contributed by atoms with E-state index < -0.39 is 5.41 Å². The van der Waals surface area contributed by atoms with E-state index in [4.69, 9.17) is 10.5 Å². The Hall–Kier alpha value is -1.55. The minimum absolute atomic E-state index is 0.149. The van der Waals surface area contributed by atoms with Crippen LogP contribution in [-0.4, -0.2) is 38.1 Å². The fourth-order valence-electron chi connectivity index (χ4n) is 2.58. The summed E-state index contributed by atoms with van der Waals surface area (Å²) in [5.74, 6) is 0.149. The lowest BCUT2D eigenvalue weighted by Gasteiger charge is -2.38. The highest BCUT2D eigenvalue weighted by molar-refractivity contribution is 5.88. The van der Waals surface area contributed by atoms with Crippen molar-refractivity contribution < 1.29 is 9.53 Å². The van der Waals surface area contributed by atoms with Crippen LogP contribution in [0.15, 0.2) is 24.3 Å². The molecule has 0 aliphatic carbocycles. The quantitative estimate of drug-likeness (QED) is 0.805. The number of hydrogen-bond acceptors (Lipinski definition) is 3. The van der Waals surface area contributed by atoms with Crippen molar-refractivity contribution in [3.8, 4) is 0 Å². The molecule has 4 heteroatoms. The summed E-state index contributed by atoms with van der Waals surface area (Å²) in [5.41, 5.74) is 7.03. The highest BCUT2D eigenvalue weighted by Gasteiger charge is 2.42. The fraction of sp³-hybridized carbons (Fsp3) is 0.500. The fourth-order valence-corrected chi connectivity index (χ4v) is 2.58. The summed E-state index contributed by atoms with van der Waals surface area (Å²) in [6, 6.07) is 7.63. The highest BCUT2D eigenvalue weighted by atomic mass is 16.5. The van der Waals surface area contributed by atoms with Gasteiger partial charge in [-0.2, -0.15) is 0 Å². The van der Waals surface area contributed by atoms with Gasteiger partial charge < -0.3 is 15.4 Å². The summed E-state index contributed by atoms with van der Waals surface area (Å²) >= 11 is 0. The summed E-state index contributed by atoms with van der Waals surface area (Å²) in [5, 5.41) is 0. The van der Waals surface area contributed by atoms with Gasteiger partial charge in [-0.25, -0.2) is 0 Å². The molecular weight excluding hydrogens is 228 g/mol. The molecule has 1 amide bonds. The lowest BCUT2D eigenvalue weighted by atomic mass is 9.73. The number of rotatable bonds is 2. The SMILES string of the molecule is CN(C)C(=O)C1(c2ccc(N)cc2)CCOCC1. The molecule has 0 saturated carbocycles. The molecule has 0 radical (unpaired) electrons. The van der Waals surface area contributed by atoms with Crippen LogP contribution in [-0.2, 0) is 14.9 Å². The zero-order valence-corrected chi connectivity index (χ0v) is 11.0. The van der Waals surface area contributed by atoms with E-state index in [0.29, 0.717) is 13.2 Å². The first-order valence-electron chi connectivity index (χ1n) is 6.22. The van der Waals surface area contributed by atoms with Gasteiger partial charge in [-0.1, -0.05) is 12.1 Å². The van der Waals surface area contributed by atoms with Crippen LogP contribution in [0.2, 0.25) is 0 Å². The van der Waals surface area contributed by atoms with Crippen molar-refractivity contribution in [2.24, 2.45) is 0 Å². The van der Waals surface area contributed by atoms with E-state index in [2.05, 4.69) is 0 Å². The van der Waals surface area contributed by atoms with E-state index in [1.54, 1.807) is 19.0 Å². The van der Waals surface area contributed by atoms with E-state index in [1.807, 2.05) is 24.3 Å². The van der Waals surface area contributed by atoms with Gasteiger partial charge in [0.1, 0.15) is 0 Å². The molecule has 1 heterocycles. The lowest BCUT2D eigenvalue weighted by molar-refractivity contribution is -0.138. The molecule has 1 aromatic carbocycles. The van der Waals surface area contributed by atoms with Gasteiger partial charge in [0.15, 0.2) is 0 Å². The van der Waals surface area contributed by atoms with Gasteiger partial charge in [0.25, 0.3) is 0 Å². The minimum atomic E-state index is -0.449. The number of anilines is 1. The van der Waals surface area contributed by atoms with Gasteiger partial charge >= 0.3 is 0 Å². The molecule has 0 bridgehead atoms. The maximum absolute atomic E-state index is 12.5. The van der Waals surface area contributed by atoms with Crippen molar-refractivity contribution in [3.05, 3.63) is 29.8 Å². The molecule has 1 aliphatic heterocycles. The van der Waals surface area contributed by atoms with Crippen molar-refractivity contribution in [1.82, 2.24) is 4.90 Å². The summed E-state index contributed by atoms with van der Waals surface area (Å²) < 4.78 is 5.40. The molecule has 1 aromatic rings. The standard InChI is InChI=1S/C14H20N2O2/c1-16(2)13(17)14(7-9-18-10-8-14)11-3-5-12(15)6-4-11/h3-6H,7-10,15H2,1-2H3. The van der Waals surface area contributed by atoms with Gasteiger partial charge in [0, 0.05) is 33.0 Å². The van der Waals surface area contributed by atoms with E-state index in [-0.39, 0.29) is 5.91 Å². The Morgan fingerprint density at radius 3 is 2.28 bits per heavy atom. The topological polar surface area (TPSA) is 55.6 Å². The molecule has 1 aliphatic rings. The first kappa shape index (κ1) is 12.9. The van der Waals surface area contributed by atoms with Crippen molar-refractivity contribution in [1.29, 1.82) is 0 Å². The molecule has 2 N–H and O–H groups in total. The third-order valence-electron chi connectivity index (χ3n) is 3.63. The second-order valence-electron chi connectivity index (χ2n) is 5.02. The summed E-state index contributed by atoms with van der Waals surface area (Å²) in [6.07, 6.45) is 1.46. The normalized spacial score (nSPS) is 18.3. The number of hydrogen-bond donors (Lipinski definition) is 1. The Bertz CT molecular complexity index is 420. The molecule has 1 fully saturated rings. The average Bonchev–Trinajstić information content (AvgIpc) is 2.39. The first-order valence-corrected chi connectivity index (χ1v) is 6.22. The third kappa shape index (κ3) is 2.20. The van der Waals surface area contributed by atoms with E-state index in [1.165, 1.54) is 0 Å². The third-order valence-corrected chi connectivity index (χ3v) is 3.63. The molecule has 0 spiro atoms. The Kier molecular flexibility index (Phi) is 3.57. The molecule has 1 saturated heterocycles. The number of nitrogens with zero attached hydrogens (tertiary/aromatic N) is 1. The van der Waals surface area contributed by atoms with Crippen molar-refractivity contribution in [3.63, 3.8) is 0 Å². The van der Waals surface area contributed by atoms with E-state index in [0.717, 1.165) is 24.1 Å². The number of carbonyl (C=O) groups excluding carboxylic acids is 1. The zero-order chi connectivity index (χ0) is 13.2. The predicted molar refractivity (Wildman–Crippen MR) is 71.3 cm³/mol. The van der Waals surface area contributed by atoms with Gasteiger partial charge in [-0.3, -0.25) is 4.79 Å². The number of amides is 1. The maximum Gasteiger partial charge on any atom is 0.232 e. The number of ether oxygens (including phenoxy) is 1. The number of likely N-dealkylation sites (N-methyl/N-ethyl adjacent to an activating group) is 1. The maximum atomic E-state index is 12.5. The van der Waals surface area contributed by atoms with Crippen LogP contribution >= 0.6 is 0 Å². The molecule has 0 unspecified atom stereocenters. The molecule has 18 heavy (non-hydrogen) atoms. The first-order chi connectivity index (χ1) is 8.56. The lowest BCUT2D eigenvalue weighted by Crippen LogP contribution is -2.47. The Morgan fingerprint density at radius 1 is 1.22 bits per heavy atom. The molecule has 2 rings (SSSR count). The van der Waals surface area contributed by atoms with Crippen LogP contribution in [0, 0.1) is 0 Å². The number of benzene rings is 1. The van der Waals surface area contributed by atoms with Crippen LogP contribution in [0.5, 0.6) is 0 Å². The summed E-state index contributed by atoms with van der Waals surface area (Å²) in [6.45, 7) is 1.26. The van der Waals surface area contributed by atoms with Crippen molar-refractivity contribution in [2.45, 2.75) is 18.3 Å².